The first kappa shape index (κ1) is 20.5. The van der Waals surface area contributed by atoms with Crippen molar-refractivity contribution in [3.63, 3.8) is 0 Å². The van der Waals surface area contributed by atoms with E-state index in [-0.39, 0.29) is 11.7 Å². The van der Waals surface area contributed by atoms with E-state index in [1.807, 2.05) is 31.2 Å². The number of tetrazole rings is 1. The van der Waals surface area contributed by atoms with Gasteiger partial charge in [0.1, 0.15) is 23.4 Å². The van der Waals surface area contributed by atoms with Crippen molar-refractivity contribution in [3.8, 4) is 5.75 Å². The van der Waals surface area contributed by atoms with Gasteiger partial charge in [-0.15, -0.1) is 5.10 Å². The molecule has 0 bridgehead atoms. The Morgan fingerprint density at radius 3 is 2.71 bits per heavy atom. The Morgan fingerprint density at radius 1 is 1.26 bits per heavy atom. The molecule has 0 radical (unpaired) electrons. The molecule has 0 aliphatic rings. The highest BCUT2D eigenvalue weighted by Crippen LogP contribution is 2.31. The van der Waals surface area contributed by atoms with E-state index in [9.17, 15) is 9.18 Å². The number of carbonyl (C=O) groups excluding carboxylic acids is 1. The van der Waals surface area contributed by atoms with E-state index >= 15 is 0 Å². The van der Waals surface area contributed by atoms with Crippen LogP contribution in [0.1, 0.15) is 36.2 Å². The van der Waals surface area contributed by atoms with E-state index in [1.54, 1.807) is 26.2 Å². The summed E-state index contributed by atoms with van der Waals surface area (Å²) >= 11 is 0. The van der Waals surface area contributed by atoms with Crippen molar-refractivity contribution >= 4 is 16.9 Å². The molecule has 0 aliphatic carbocycles. The van der Waals surface area contributed by atoms with E-state index in [0.717, 1.165) is 10.9 Å². The molecule has 9 heteroatoms. The van der Waals surface area contributed by atoms with E-state index in [1.165, 1.54) is 16.8 Å². The first-order chi connectivity index (χ1) is 15.0. The van der Waals surface area contributed by atoms with Gasteiger partial charge in [0.2, 0.25) is 5.91 Å². The van der Waals surface area contributed by atoms with Gasteiger partial charge in [0.15, 0.2) is 11.3 Å². The van der Waals surface area contributed by atoms with Crippen LogP contribution in [0.2, 0.25) is 0 Å². The van der Waals surface area contributed by atoms with Crippen LogP contribution in [0.25, 0.3) is 11.0 Å². The topological polar surface area (TPSA) is 95.1 Å². The quantitative estimate of drug-likeness (QED) is 0.489. The number of benzene rings is 2. The van der Waals surface area contributed by atoms with Crippen molar-refractivity contribution in [2.75, 3.05) is 7.11 Å². The smallest absolute Gasteiger partial charge is 0.245 e. The number of carbonyl (C=O) groups is 1. The Bertz CT molecular complexity index is 1200. The zero-order valence-electron chi connectivity index (χ0n) is 17.4. The molecular weight excluding hydrogens is 401 g/mol. The molecule has 2 aromatic heterocycles. The number of hydrogen-bond donors (Lipinski definition) is 1. The lowest BCUT2D eigenvalue weighted by Crippen LogP contribution is -2.36. The third kappa shape index (κ3) is 4.25. The summed E-state index contributed by atoms with van der Waals surface area (Å²) in [6.45, 7) is 3.56. The summed E-state index contributed by atoms with van der Waals surface area (Å²) < 4.78 is 26.0. The SMILES string of the molecule is COc1cccc2cc(C(C)NC(=O)C(Cc3ccc(F)cc3)n3nnnc3C)oc12. The van der Waals surface area contributed by atoms with E-state index < -0.39 is 12.1 Å². The van der Waals surface area contributed by atoms with Gasteiger partial charge in [-0.25, -0.2) is 9.07 Å². The molecule has 160 valence electrons. The number of aromatic nitrogens is 4. The van der Waals surface area contributed by atoms with Gasteiger partial charge in [0.25, 0.3) is 0 Å². The average Bonchev–Trinajstić information content (AvgIpc) is 3.39. The molecule has 4 rings (SSSR count). The van der Waals surface area contributed by atoms with Gasteiger partial charge in [0.05, 0.1) is 13.2 Å². The fourth-order valence-electron chi connectivity index (χ4n) is 3.47. The molecule has 31 heavy (non-hydrogen) atoms. The van der Waals surface area contributed by atoms with Crippen molar-refractivity contribution in [1.82, 2.24) is 25.5 Å². The molecule has 2 heterocycles. The molecular formula is C22H22FN5O3. The normalized spacial score (nSPS) is 13.2. The van der Waals surface area contributed by atoms with Gasteiger partial charge in [0, 0.05) is 11.8 Å². The van der Waals surface area contributed by atoms with Gasteiger partial charge in [-0.05, 0) is 54.1 Å². The summed E-state index contributed by atoms with van der Waals surface area (Å²) in [7, 11) is 1.58. The highest BCUT2D eigenvalue weighted by atomic mass is 19.1. The number of nitrogens with zero attached hydrogens (tertiary/aromatic N) is 4. The number of para-hydroxylation sites is 1. The molecule has 2 atom stereocenters. The Hall–Kier alpha value is -3.75. The zero-order valence-corrected chi connectivity index (χ0v) is 17.4. The van der Waals surface area contributed by atoms with Crippen molar-refractivity contribution in [2.45, 2.75) is 32.4 Å². The fourth-order valence-corrected chi connectivity index (χ4v) is 3.47. The Morgan fingerprint density at radius 2 is 2.03 bits per heavy atom. The number of nitrogens with one attached hydrogen (secondary N) is 1. The van der Waals surface area contributed by atoms with Crippen LogP contribution in [0.15, 0.2) is 52.9 Å². The molecule has 2 aromatic carbocycles. The standard InChI is InChI=1S/C22H22FN5O3/c1-13(20-12-16-5-4-6-19(30-3)21(16)31-20)24-22(29)18(28-14(2)25-26-27-28)11-15-7-9-17(23)10-8-15/h4-10,12-13,18H,11H2,1-3H3,(H,24,29). The minimum Gasteiger partial charge on any atom is -0.493 e. The second-order valence-electron chi connectivity index (χ2n) is 7.27. The predicted molar refractivity (Wildman–Crippen MR) is 111 cm³/mol. The Kier molecular flexibility index (Phi) is 5.66. The van der Waals surface area contributed by atoms with Crippen molar-refractivity contribution in [2.24, 2.45) is 0 Å². The van der Waals surface area contributed by atoms with Gasteiger partial charge in [-0.1, -0.05) is 24.3 Å². The van der Waals surface area contributed by atoms with Gasteiger partial charge < -0.3 is 14.5 Å². The molecule has 1 amide bonds. The van der Waals surface area contributed by atoms with Crippen LogP contribution in [-0.2, 0) is 11.2 Å². The van der Waals surface area contributed by atoms with Crippen LogP contribution < -0.4 is 10.1 Å². The highest BCUT2D eigenvalue weighted by Gasteiger charge is 2.27. The molecule has 0 spiro atoms. The zero-order chi connectivity index (χ0) is 22.0. The molecule has 0 saturated heterocycles. The third-order valence-corrected chi connectivity index (χ3v) is 5.13. The van der Waals surface area contributed by atoms with Gasteiger partial charge in [-0.3, -0.25) is 4.79 Å². The lowest BCUT2D eigenvalue weighted by atomic mass is 10.0. The number of methoxy groups -OCH3 is 1. The lowest BCUT2D eigenvalue weighted by Gasteiger charge is -2.20. The Balaban J connectivity index is 1.58. The number of ether oxygens (including phenoxy) is 1. The summed E-state index contributed by atoms with van der Waals surface area (Å²) in [5.41, 5.74) is 1.41. The summed E-state index contributed by atoms with van der Waals surface area (Å²) in [6.07, 6.45) is 0.304. The molecule has 2 unspecified atom stereocenters. The first-order valence-electron chi connectivity index (χ1n) is 9.82. The van der Waals surface area contributed by atoms with Gasteiger partial charge in [-0.2, -0.15) is 0 Å². The number of furan rings is 1. The average molecular weight is 423 g/mol. The minimum absolute atomic E-state index is 0.278. The number of amides is 1. The van der Waals surface area contributed by atoms with Crippen LogP contribution in [0, 0.1) is 12.7 Å². The predicted octanol–water partition coefficient (Wildman–Crippen LogP) is 3.54. The maximum atomic E-state index is 13.3. The summed E-state index contributed by atoms with van der Waals surface area (Å²) in [5.74, 6) is 1.11. The summed E-state index contributed by atoms with van der Waals surface area (Å²) in [6, 6.07) is 12.4. The van der Waals surface area contributed by atoms with Crippen molar-refractivity contribution in [1.29, 1.82) is 0 Å². The third-order valence-electron chi connectivity index (χ3n) is 5.13. The van der Waals surface area contributed by atoms with Crippen LogP contribution in [0.3, 0.4) is 0 Å². The van der Waals surface area contributed by atoms with E-state index in [2.05, 4.69) is 20.8 Å². The maximum Gasteiger partial charge on any atom is 0.245 e. The van der Waals surface area contributed by atoms with Crippen molar-refractivity contribution < 1.29 is 18.3 Å². The molecule has 4 aromatic rings. The second kappa shape index (κ2) is 8.55. The highest BCUT2D eigenvalue weighted by molar-refractivity contribution is 5.84. The number of hydrogen-bond acceptors (Lipinski definition) is 6. The molecule has 0 aliphatic heterocycles. The van der Waals surface area contributed by atoms with Gasteiger partial charge >= 0.3 is 0 Å². The van der Waals surface area contributed by atoms with Crippen LogP contribution in [0.5, 0.6) is 5.75 Å². The van der Waals surface area contributed by atoms with Crippen LogP contribution in [-0.4, -0.2) is 33.2 Å². The second-order valence-corrected chi connectivity index (χ2v) is 7.27. The molecule has 0 fully saturated rings. The van der Waals surface area contributed by atoms with Crippen LogP contribution in [0.4, 0.5) is 4.39 Å². The number of fused-ring (bicyclic) bond motifs is 1. The molecule has 8 nitrogen and oxygen atoms in total. The lowest BCUT2D eigenvalue weighted by molar-refractivity contribution is -0.125. The summed E-state index contributed by atoms with van der Waals surface area (Å²) in [5, 5.41) is 15.4. The first-order valence-corrected chi connectivity index (χ1v) is 9.82. The largest absolute Gasteiger partial charge is 0.493 e. The maximum absolute atomic E-state index is 13.3. The summed E-state index contributed by atoms with van der Waals surface area (Å²) in [4.78, 5) is 13.2. The fraction of sp³-hybridized carbons (Fsp3) is 0.273. The molecule has 1 N–H and O–H groups in total. The Labute approximate surface area is 178 Å². The van der Waals surface area contributed by atoms with Crippen LogP contribution >= 0.6 is 0 Å². The number of halogens is 1. The van der Waals surface area contributed by atoms with Crippen molar-refractivity contribution in [3.05, 3.63) is 71.5 Å². The number of rotatable bonds is 7. The molecule has 0 saturated carbocycles. The minimum atomic E-state index is -0.707. The monoisotopic (exact) mass is 423 g/mol. The van der Waals surface area contributed by atoms with E-state index in [4.69, 9.17) is 9.15 Å². The number of aryl methyl sites for hydroxylation is 1. The van der Waals surface area contributed by atoms with E-state index in [0.29, 0.717) is 29.3 Å².